The number of carbonyl (C=O) groups is 1. The Hall–Kier alpha value is -1.26. The van der Waals surface area contributed by atoms with E-state index >= 15 is 0 Å². The maximum absolute atomic E-state index is 11.9. The van der Waals surface area contributed by atoms with Gasteiger partial charge < -0.3 is 14.9 Å². The monoisotopic (exact) mass is 284 g/mol. The molecule has 0 heterocycles. The van der Waals surface area contributed by atoms with E-state index < -0.39 is 0 Å². The van der Waals surface area contributed by atoms with Crippen LogP contribution in [-0.2, 0) is 11.4 Å². The lowest BCUT2D eigenvalue weighted by atomic mass is 10.1. The van der Waals surface area contributed by atoms with Gasteiger partial charge in [-0.05, 0) is 24.6 Å². The summed E-state index contributed by atoms with van der Waals surface area (Å²) in [5.74, 6) is 0.0345. The largest absolute Gasteiger partial charge is 0.392 e. The normalized spacial score (nSPS) is 10.4. The Morgan fingerprint density at radius 1 is 1.37 bits per heavy atom. The molecule has 0 radical (unpaired) electrons. The van der Waals surface area contributed by atoms with Crippen LogP contribution in [0.1, 0.15) is 18.9 Å². The van der Waals surface area contributed by atoms with Gasteiger partial charge in [0.1, 0.15) is 0 Å². The SMILES string of the molecule is CCCN(CC(=O)N(C)C)c1ccc(Cl)cc1CO. The Bertz CT molecular complexity index is 435. The molecule has 1 amide bonds. The van der Waals surface area contributed by atoms with Crippen molar-refractivity contribution >= 4 is 23.2 Å². The summed E-state index contributed by atoms with van der Waals surface area (Å²) >= 11 is 5.93. The van der Waals surface area contributed by atoms with E-state index in [1.165, 1.54) is 0 Å². The van der Waals surface area contributed by atoms with E-state index in [4.69, 9.17) is 11.6 Å². The number of halogens is 1. The van der Waals surface area contributed by atoms with Crippen molar-refractivity contribution in [2.75, 3.05) is 32.1 Å². The van der Waals surface area contributed by atoms with Crippen LogP contribution in [0.5, 0.6) is 0 Å². The van der Waals surface area contributed by atoms with Crippen molar-refractivity contribution in [2.45, 2.75) is 20.0 Å². The van der Waals surface area contributed by atoms with Gasteiger partial charge in [0, 0.05) is 36.9 Å². The van der Waals surface area contributed by atoms with E-state index in [1.807, 2.05) is 11.0 Å². The Morgan fingerprint density at radius 2 is 2.05 bits per heavy atom. The third kappa shape index (κ3) is 4.40. The quantitative estimate of drug-likeness (QED) is 0.870. The van der Waals surface area contributed by atoms with Crippen molar-refractivity contribution in [3.05, 3.63) is 28.8 Å². The number of hydrogen-bond acceptors (Lipinski definition) is 3. The molecule has 0 aliphatic rings. The second-order valence-corrected chi connectivity index (χ2v) is 5.08. The van der Waals surface area contributed by atoms with E-state index in [0.717, 1.165) is 24.2 Å². The Morgan fingerprint density at radius 3 is 2.58 bits per heavy atom. The summed E-state index contributed by atoms with van der Waals surface area (Å²) in [4.78, 5) is 15.4. The maximum atomic E-state index is 11.9. The zero-order valence-corrected chi connectivity index (χ0v) is 12.4. The fourth-order valence-electron chi connectivity index (χ4n) is 1.85. The second-order valence-electron chi connectivity index (χ2n) is 4.64. The highest BCUT2D eigenvalue weighted by Gasteiger charge is 2.15. The molecule has 0 spiro atoms. The van der Waals surface area contributed by atoms with Gasteiger partial charge in [0.05, 0.1) is 13.2 Å². The van der Waals surface area contributed by atoms with Crippen LogP contribution in [0.4, 0.5) is 5.69 Å². The first-order chi connectivity index (χ1) is 8.99. The molecule has 5 heteroatoms. The molecule has 0 unspecified atom stereocenters. The first-order valence-corrected chi connectivity index (χ1v) is 6.71. The molecule has 0 aliphatic carbocycles. The Kier molecular flexibility index (Phi) is 6.12. The average Bonchev–Trinajstić information content (AvgIpc) is 2.37. The fourth-order valence-corrected chi connectivity index (χ4v) is 2.04. The van der Waals surface area contributed by atoms with Gasteiger partial charge in [0.2, 0.25) is 5.91 Å². The summed E-state index contributed by atoms with van der Waals surface area (Å²) in [6, 6.07) is 5.37. The smallest absolute Gasteiger partial charge is 0.241 e. The van der Waals surface area contributed by atoms with E-state index in [1.54, 1.807) is 31.1 Å². The lowest BCUT2D eigenvalue weighted by Gasteiger charge is -2.27. The van der Waals surface area contributed by atoms with Crippen LogP contribution in [0.15, 0.2) is 18.2 Å². The highest BCUT2D eigenvalue weighted by atomic mass is 35.5. The molecule has 1 aromatic rings. The van der Waals surface area contributed by atoms with Crippen LogP contribution in [-0.4, -0.2) is 43.1 Å². The van der Waals surface area contributed by atoms with Crippen LogP contribution in [0, 0.1) is 0 Å². The summed E-state index contributed by atoms with van der Waals surface area (Å²) in [6.45, 7) is 3.03. The molecule has 1 rings (SSSR count). The number of aliphatic hydroxyl groups excluding tert-OH is 1. The molecule has 0 atom stereocenters. The third-order valence-electron chi connectivity index (χ3n) is 2.87. The number of hydrogen-bond donors (Lipinski definition) is 1. The van der Waals surface area contributed by atoms with Gasteiger partial charge >= 0.3 is 0 Å². The van der Waals surface area contributed by atoms with E-state index in [2.05, 4.69) is 6.92 Å². The van der Waals surface area contributed by atoms with Gasteiger partial charge in [0.15, 0.2) is 0 Å². The minimum absolute atomic E-state index is 0.0345. The van der Waals surface area contributed by atoms with Crippen LogP contribution in [0.25, 0.3) is 0 Å². The number of likely N-dealkylation sites (N-methyl/N-ethyl adjacent to an activating group) is 1. The minimum Gasteiger partial charge on any atom is -0.392 e. The number of anilines is 1. The molecule has 1 aromatic carbocycles. The topological polar surface area (TPSA) is 43.8 Å². The van der Waals surface area contributed by atoms with Crippen LogP contribution in [0.3, 0.4) is 0 Å². The van der Waals surface area contributed by atoms with Crippen molar-refractivity contribution in [3.8, 4) is 0 Å². The maximum Gasteiger partial charge on any atom is 0.241 e. The van der Waals surface area contributed by atoms with Gasteiger partial charge in [0.25, 0.3) is 0 Å². The van der Waals surface area contributed by atoms with Crippen molar-refractivity contribution < 1.29 is 9.90 Å². The van der Waals surface area contributed by atoms with Crippen molar-refractivity contribution in [3.63, 3.8) is 0 Å². The third-order valence-corrected chi connectivity index (χ3v) is 3.11. The van der Waals surface area contributed by atoms with E-state index in [9.17, 15) is 9.90 Å². The first kappa shape index (κ1) is 15.8. The summed E-state index contributed by atoms with van der Waals surface area (Å²) in [7, 11) is 3.47. The Labute approximate surface area is 119 Å². The fraction of sp³-hybridized carbons (Fsp3) is 0.500. The number of rotatable bonds is 6. The molecule has 19 heavy (non-hydrogen) atoms. The van der Waals surface area contributed by atoms with Gasteiger partial charge in [-0.3, -0.25) is 4.79 Å². The molecule has 0 aliphatic heterocycles. The summed E-state index contributed by atoms with van der Waals surface area (Å²) < 4.78 is 0. The predicted molar refractivity (Wildman–Crippen MR) is 78.6 cm³/mol. The average molecular weight is 285 g/mol. The van der Waals surface area contributed by atoms with Crippen molar-refractivity contribution in [1.82, 2.24) is 4.90 Å². The van der Waals surface area contributed by atoms with Gasteiger partial charge in [-0.1, -0.05) is 18.5 Å². The summed E-state index contributed by atoms with van der Waals surface area (Å²) in [5, 5.41) is 10.0. The minimum atomic E-state index is -0.0910. The highest BCUT2D eigenvalue weighted by Crippen LogP contribution is 2.24. The van der Waals surface area contributed by atoms with Crippen LogP contribution in [0.2, 0.25) is 5.02 Å². The van der Waals surface area contributed by atoms with Gasteiger partial charge in [-0.2, -0.15) is 0 Å². The summed E-state index contributed by atoms with van der Waals surface area (Å²) in [6.07, 6.45) is 0.925. The van der Waals surface area contributed by atoms with Crippen molar-refractivity contribution in [2.24, 2.45) is 0 Å². The number of aliphatic hydroxyl groups is 1. The molecule has 0 saturated heterocycles. The zero-order valence-electron chi connectivity index (χ0n) is 11.7. The molecule has 0 aromatic heterocycles. The number of benzene rings is 1. The molecular weight excluding hydrogens is 264 g/mol. The molecule has 0 bridgehead atoms. The lowest BCUT2D eigenvalue weighted by Crippen LogP contribution is -2.37. The Balaban J connectivity index is 3.01. The first-order valence-electron chi connectivity index (χ1n) is 6.34. The molecule has 4 nitrogen and oxygen atoms in total. The molecule has 0 saturated carbocycles. The standard InChI is InChI=1S/C14H21ClN2O2/c1-4-7-17(9-14(19)16(2)3)13-6-5-12(15)8-11(13)10-18/h5-6,8,18H,4,7,9-10H2,1-3H3. The van der Waals surface area contributed by atoms with Gasteiger partial charge in [-0.15, -0.1) is 0 Å². The van der Waals surface area contributed by atoms with E-state index in [-0.39, 0.29) is 12.5 Å². The summed E-state index contributed by atoms with van der Waals surface area (Å²) in [5.41, 5.74) is 1.61. The highest BCUT2D eigenvalue weighted by molar-refractivity contribution is 6.30. The van der Waals surface area contributed by atoms with E-state index in [0.29, 0.717) is 11.6 Å². The van der Waals surface area contributed by atoms with Crippen LogP contribution < -0.4 is 4.90 Å². The lowest BCUT2D eigenvalue weighted by molar-refractivity contribution is -0.127. The van der Waals surface area contributed by atoms with Gasteiger partial charge in [-0.25, -0.2) is 0 Å². The number of nitrogens with zero attached hydrogens (tertiary/aromatic N) is 2. The van der Waals surface area contributed by atoms with Crippen molar-refractivity contribution in [1.29, 1.82) is 0 Å². The molecule has 0 fully saturated rings. The predicted octanol–water partition coefficient (Wildman–Crippen LogP) is 2.14. The van der Waals surface area contributed by atoms with Crippen LogP contribution >= 0.6 is 11.6 Å². The number of amides is 1. The molecule has 106 valence electrons. The zero-order chi connectivity index (χ0) is 14.4. The second kappa shape index (κ2) is 7.36. The number of carbonyl (C=O) groups excluding carboxylic acids is 1. The molecular formula is C14H21ClN2O2. The molecule has 1 N–H and O–H groups in total.